The molecule has 2 heterocycles. The molecule has 2 amide bonds. The second-order valence-electron chi connectivity index (χ2n) is 9.32. The highest BCUT2D eigenvalue weighted by molar-refractivity contribution is 5.93. The second-order valence-corrected chi connectivity index (χ2v) is 9.32. The Morgan fingerprint density at radius 1 is 1.15 bits per heavy atom. The van der Waals surface area contributed by atoms with Crippen LogP contribution in [-0.4, -0.2) is 78.1 Å². The van der Waals surface area contributed by atoms with E-state index in [1.807, 2.05) is 0 Å². The molecule has 0 radical (unpaired) electrons. The van der Waals surface area contributed by atoms with Gasteiger partial charge in [0, 0.05) is 12.6 Å². The van der Waals surface area contributed by atoms with E-state index < -0.39 is 18.3 Å². The molecule has 1 saturated carbocycles. The Morgan fingerprint density at radius 2 is 1.95 bits per heavy atom. The number of hydrogen-bond acceptors (Lipinski definition) is 10. The molecule has 3 aromatic rings. The fraction of sp³-hybridized carbons (Fsp3) is 0.480. The molecule has 208 valence electrons. The smallest absolute Gasteiger partial charge is 0.270 e. The highest BCUT2D eigenvalue weighted by Gasteiger charge is 2.24. The number of nitrogens with zero attached hydrogens (tertiary/aromatic N) is 6. The molecule has 14 heteroatoms. The predicted octanol–water partition coefficient (Wildman–Crippen LogP) is 0.546. The van der Waals surface area contributed by atoms with E-state index in [2.05, 4.69) is 36.0 Å². The summed E-state index contributed by atoms with van der Waals surface area (Å²) >= 11 is 0. The summed E-state index contributed by atoms with van der Waals surface area (Å²) in [6.45, 7) is 1.53. The van der Waals surface area contributed by atoms with Crippen LogP contribution in [0.15, 0.2) is 24.3 Å². The van der Waals surface area contributed by atoms with Crippen LogP contribution in [0.4, 0.5) is 4.39 Å². The molecule has 0 unspecified atom stereocenters. The standard InChI is InChI=1S/C25H31FN8O5/c1-15-28-20(24-31-33-34(32-24)13-16-2-5-18(6-3-16)30-23(37)14-36)11-21(29-15)25(38)27-12-17-4-7-19(26)22(10-17)39-9-8-35/h4,7,10-11,16,18,35-36H,2-3,5-6,8-9,12-14H2,1H3,(H,27,38)(H,30,37). The number of halogens is 1. The van der Waals surface area contributed by atoms with E-state index in [0.717, 1.165) is 25.7 Å². The monoisotopic (exact) mass is 542 g/mol. The number of benzene rings is 1. The SMILES string of the molecule is Cc1nc(C(=O)NCc2ccc(F)c(OCCO)c2)cc(-c2nnn(CC3CCC(NC(=O)CO)CC3)n2)n1. The minimum absolute atomic E-state index is 0.00774. The summed E-state index contributed by atoms with van der Waals surface area (Å²) in [5, 5.41) is 36.0. The van der Waals surface area contributed by atoms with E-state index in [1.54, 1.807) is 6.92 Å². The van der Waals surface area contributed by atoms with Crippen molar-refractivity contribution in [2.45, 2.75) is 51.7 Å². The summed E-state index contributed by atoms with van der Waals surface area (Å²) in [4.78, 5) is 34.3. The van der Waals surface area contributed by atoms with E-state index in [1.165, 1.54) is 29.1 Å². The number of aryl methyl sites for hydroxylation is 1. The van der Waals surface area contributed by atoms with Crippen LogP contribution in [-0.2, 0) is 17.9 Å². The number of aromatic nitrogens is 6. The molecule has 0 atom stereocenters. The second kappa shape index (κ2) is 13.2. The van der Waals surface area contributed by atoms with Crippen LogP contribution < -0.4 is 15.4 Å². The molecule has 13 nitrogen and oxygen atoms in total. The van der Waals surface area contributed by atoms with E-state index in [4.69, 9.17) is 14.9 Å². The van der Waals surface area contributed by atoms with E-state index in [9.17, 15) is 14.0 Å². The van der Waals surface area contributed by atoms with Crippen molar-refractivity contribution in [3.05, 3.63) is 47.2 Å². The fourth-order valence-corrected chi connectivity index (χ4v) is 4.41. The quantitative estimate of drug-likeness (QED) is 0.267. The molecular weight excluding hydrogens is 511 g/mol. The van der Waals surface area contributed by atoms with Gasteiger partial charge in [-0.1, -0.05) is 6.07 Å². The van der Waals surface area contributed by atoms with Gasteiger partial charge in [-0.05, 0) is 67.5 Å². The Hall–Kier alpha value is -4.04. The maximum absolute atomic E-state index is 13.9. The third-order valence-corrected chi connectivity index (χ3v) is 6.33. The van der Waals surface area contributed by atoms with Gasteiger partial charge in [0.1, 0.15) is 30.4 Å². The maximum Gasteiger partial charge on any atom is 0.270 e. The largest absolute Gasteiger partial charge is 0.488 e. The Bertz CT molecular complexity index is 1300. The molecule has 39 heavy (non-hydrogen) atoms. The number of hydrogen-bond donors (Lipinski definition) is 4. The topological polar surface area (TPSA) is 177 Å². The predicted molar refractivity (Wildman–Crippen MR) is 135 cm³/mol. The van der Waals surface area contributed by atoms with Crippen LogP contribution in [0.2, 0.25) is 0 Å². The van der Waals surface area contributed by atoms with Gasteiger partial charge in [0.2, 0.25) is 11.7 Å². The molecule has 0 aliphatic heterocycles. The summed E-state index contributed by atoms with van der Waals surface area (Å²) in [6.07, 6.45) is 3.40. The first kappa shape index (κ1) is 28.0. The molecular formula is C25H31FN8O5. The van der Waals surface area contributed by atoms with Gasteiger partial charge in [-0.15, -0.1) is 10.2 Å². The van der Waals surface area contributed by atoms with E-state index >= 15 is 0 Å². The highest BCUT2D eigenvalue weighted by atomic mass is 19.1. The summed E-state index contributed by atoms with van der Waals surface area (Å²) in [5.41, 5.74) is 1.09. The fourth-order valence-electron chi connectivity index (χ4n) is 4.41. The van der Waals surface area contributed by atoms with Gasteiger partial charge in [-0.2, -0.15) is 4.80 Å². The molecule has 1 aliphatic rings. The Morgan fingerprint density at radius 3 is 2.69 bits per heavy atom. The van der Waals surface area contributed by atoms with Crippen molar-refractivity contribution in [3.8, 4) is 17.3 Å². The molecule has 0 bridgehead atoms. The van der Waals surface area contributed by atoms with Gasteiger partial charge in [0.15, 0.2) is 11.6 Å². The lowest BCUT2D eigenvalue weighted by molar-refractivity contribution is -0.124. The van der Waals surface area contributed by atoms with Gasteiger partial charge >= 0.3 is 0 Å². The van der Waals surface area contributed by atoms with Crippen LogP contribution >= 0.6 is 0 Å². The molecule has 4 rings (SSSR count). The van der Waals surface area contributed by atoms with Crippen LogP contribution in [0, 0.1) is 18.7 Å². The molecule has 1 fully saturated rings. The number of tetrazole rings is 1. The van der Waals surface area contributed by atoms with Crippen molar-refractivity contribution in [1.29, 1.82) is 0 Å². The van der Waals surface area contributed by atoms with E-state index in [-0.39, 0.29) is 49.0 Å². The van der Waals surface area contributed by atoms with Gasteiger partial charge in [-0.3, -0.25) is 9.59 Å². The number of aliphatic hydroxyl groups is 2. The summed E-state index contributed by atoms with van der Waals surface area (Å²) in [6, 6.07) is 5.77. The Kier molecular flexibility index (Phi) is 9.44. The van der Waals surface area contributed by atoms with Gasteiger partial charge in [0.25, 0.3) is 5.91 Å². The minimum atomic E-state index is -0.561. The van der Waals surface area contributed by atoms with Crippen LogP contribution in [0.5, 0.6) is 5.75 Å². The zero-order valence-electron chi connectivity index (χ0n) is 21.5. The molecule has 0 saturated heterocycles. The normalized spacial score (nSPS) is 17.0. The number of carbonyl (C=O) groups excluding carboxylic acids is 2. The minimum Gasteiger partial charge on any atom is -0.488 e. The third kappa shape index (κ3) is 7.74. The Labute approximate surface area is 223 Å². The molecule has 1 aromatic carbocycles. The Balaban J connectivity index is 1.35. The number of ether oxygens (including phenoxy) is 1. The number of carbonyl (C=O) groups is 2. The molecule has 1 aliphatic carbocycles. The summed E-state index contributed by atoms with van der Waals surface area (Å²) in [7, 11) is 0. The first-order chi connectivity index (χ1) is 18.8. The third-order valence-electron chi connectivity index (χ3n) is 6.33. The van der Waals surface area contributed by atoms with Crippen molar-refractivity contribution in [3.63, 3.8) is 0 Å². The average molecular weight is 543 g/mol. The van der Waals surface area contributed by atoms with Crippen molar-refractivity contribution >= 4 is 11.8 Å². The van der Waals surface area contributed by atoms with Gasteiger partial charge < -0.3 is 25.6 Å². The van der Waals surface area contributed by atoms with Gasteiger partial charge in [0.05, 0.1) is 13.2 Å². The van der Waals surface area contributed by atoms with Gasteiger partial charge in [-0.25, -0.2) is 14.4 Å². The molecule has 4 N–H and O–H groups in total. The number of aliphatic hydroxyl groups excluding tert-OH is 2. The molecule has 2 aromatic heterocycles. The zero-order valence-corrected chi connectivity index (χ0v) is 21.5. The highest BCUT2D eigenvalue weighted by Crippen LogP contribution is 2.25. The van der Waals surface area contributed by atoms with E-state index in [0.29, 0.717) is 29.5 Å². The summed E-state index contributed by atoms with van der Waals surface area (Å²) in [5.74, 6) is -0.435. The average Bonchev–Trinajstić information content (AvgIpc) is 3.41. The zero-order chi connectivity index (χ0) is 27.8. The first-order valence-corrected chi connectivity index (χ1v) is 12.7. The summed E-state index contributed by atoms with van der Waals surface area (Å²) < 4.78 is 19.0. The van der Waals surface area contributed by atoms with Crippen molar-refractivity contribution in [1.82, 2.24) is 40.8 Å². The molecule has 0 spiro atoms. The van der Waals surface area contributed by atoms with Crippen molar-refractivity contribution in [2.24, 2.45) is 5.92 Å². The van der Waals surface area contributed by atoms with Crippen LogP contribution in [0.3, 0.4) is 0 Å². The van der Waals surface area contributed by atoms with Crippen LogP contribution in [0.25, 0.3) is 11.5 Å². The van der Waals surface area contributed by atoms with Crippen molar-refractivity contribution in [2.75, 3.05) is 19.8 Å². The number of rotatable bonds is 11. The van der Waals surface area contributed by atoms with Crippen molar-refractivity contribution < 1.29 is 28.9 Å². The lowest BCUT2D eigenvalue weighted by Gasteiger charge is -2.28. The maximum atomic E-state index is 13.9. The first-order valence-electron chi connectivity index (χ1n) is 12.7. The lowest BCUT2D eigenvalue weighted by atomic mass is 9.86. The lowest BCUT2D eigenvalue weighted by Crippen LogP contribution is -2.39. The number of amides is 2. The van der Waals surface area contributed by atoms with Crippen LogP contribution in [0.1, 0.15) is 47.6 Å². The number of nitrogens with one attached hydrogen (secondary N) is 2.